The average Bonchev–Trinajstić information content (AvgIpc) is 3.16. The summed E-state index contributed by atoms with van der Waals surface area (Å²) in [6.07, 6.45) is 1.71. The minimum absolute atomic E-state index is 0.0899. The summed E-state index contributed by atoms with van der Waals surface area (Å²) in [6, 6.07) is 17.0. The first kappa shape index (κ1) is 20.3. The van der Waals surface area contributed by atoms with E-state index in [9.17, 15) is 4.79 Å². The van der Waals surface area contributed by atoms with E-state index in [0.717, 1.165) is 27.0 Å². The second-order valence-corrected chi connectivity index (χ2v) is 8.37. The molecule has 0 aliphatic rings. The van der Waals surface area contributed by atoms with Gasteiger partial charge in [0.25, 0.3) is 5.91 Å². The van der Waals surface area contributed by atoms with E-state index in [2.05, 4.69) is 4.98 Å². The predicted molar refractivity (Wildman–Crippen MR) is 121 cm³/mol. The molecule has 2 heterocycles. The van der Waals surface area contributed by atoms with Gasteiger partial charge in [0.05, 0.1) is 22.5 Å². The fraction of sp³-hybridized carbons (Fsp3) is 0.174. The predicted octanol–water partition coefficient (Wildman–Crippen LogP) is 5.57. The molecule has 7 heteroatoms. The number of anilines is 1. The first-order valence-corrected chi connectivity index (χ1v) is 10.7. The second-order valence-electron chi connectivity index (χ2n) is 6.92. The number of ether oxygens (including phenoxy) is 1. The third kappa shape index (κ3) is 4.45. The molecule has 1 amide bonds. The number of aryl methyl sites for hydroxylation is 2. The number of nitrogens with zero attached hydrogens (tertiary/aromatic N) is 3. The van der Waals surface area contributed by atoms with E-state index < -0.39 is 0 Å². The van der Waals surface area contributed by atoms with Crippen LogP contribution in [-0.4, -0.2) is 22.5 Å². The first-order valence-electron chi connectivity index (χ1n) is 9.46. The number of hydrogen-bond donors (Lipinski definition) is 0. The SMILES string of the molecule is Cc1ccccc1OCC(=O)N(Cc1ccccn1)c1nc2c(C)cc(Cl)cc2s1. The summed E-state index contributed by atoms with van der Waals surface area (Å²) in [5.41, 5.74) is 3.57. The Morgan fingerprint density at radius 1 is 1.10 bits per heavy atom. The van der Waals surface area contributed by atoms with E-state index in [4.69, 9.17) is 21.3 Å². The number of benzene rings is 2. The van der Waals surface area contributed by atoms with E-state index >= 15 is 0 Å². The van der Waals surface area contributed by atoms with Crippen molar-refractivity contribution in [3.05, 3.63) is 82.6 Å². The second kappa shape index (κ2) is 8.81. The molecular weight excluding hydrogens is 418 g/mol. The van der Waals surface area contributed by atoms with Crippen molar-refractivity contribution in [3.63, 3.8) is 0 Å². The Balaban J connectivity index is 1.65. The van der Waals surface area contributed by atoms with Crippen molar-refractivity contribution in [2.45, 2.75) is 20.4 Å². The van der Waals surface area contributed by atoms with Gasteiger partial charge < -0.3 is 4.74 Å². The molecule has 0 saturated carbocycles. The van der Waals surface area contributed by atoms with E-state index in [0.29, 0.717) is 22.4 Å². The summed E-state index contributed by atoms with van der Waals surface area (Å²) in [6.45, 7) is 4.13. The Bertz CT molecular complexity index is 1190. The van der Waals surface area contributed by atoms with Crippen molar-refractivity contribution >= 4 is 44.2 Å². The monoisotopic (exact) mass is 437 g/mol. The number of rotatable bonds is 6. The zero-order chi connectivity index (χ0) is 21.1. The lowest BCUT2D eigenvalue weighted by Gasteiger charge is -2.20. The topological polar surface area (TPSA) is 55.3 Å². The highest BCUT2D eigenvalue weighted by molar-refractivity contribution is 7.22. The summed E-state index contributed by atoms with van der Waals surface area (Å²) in [5.74, 6) is 0.502. The number of pyridine rings is 1. The third-order valence-electron chi connectivity index (χ3n) is 4.66. The van der Waals surface area contributed by atoms with E-state index in [1.807, 2.05) is 68.4 Å². The van der Waals surface area contributed by atoms with Crippen LogP contribution in [0.25, 0.3) is 10.2 Å². The summed E-state index contributed by atoms with van der Waals surface area (Å²) in [7, 11) is 0. The molecule has 2 aromatic heterocycles. The molecule has 0 fully saturated rings. The molecular formula is C23H20ClN3O2S. The number of fused-ring (bicyclic) bond motifs is 1. The van der Waals surface area contributed by atoms with Crippen LogP contribution in [0.15, 0.2) is 60.8 Å². The number of carbonyl (C=O) groups excluding carboxylic acids is 1. The fourth-order valence-electron chi connectivity index (χ4n) is 3.11. The third-order valence-corrected chi connectivity index (χ3v) is 5.91. The van der Waals surface area contributed by atoms with Crippen LogP contribution in [0.2, 0.25) is 5.02 Å². The Hall–Kier alpha value is -2.96. The lowest BCUT2D eigenvalue weighted by atomic mass is 10.2. The van der Waals surface area contributed by atoms with Crippen LogP contribution in [0, 0.1) is 13.8 Å². The Morgan fingerprint density at radius 3 is 2.67 bits per heavy atom. The molecule has 5 nitrogen and oxygen atoms in total. The smallest absolute Gasteiger partial charge is 0.267 e. The number of carbonyl (C=O) groups is 1. The first-order chi connectivity index (χ1) is 14.5. The zero-order valence-corrected chi connectivity index (χ0v) is 18.2. The molecule has 30 heavy (non-hydrogen) atoms. The van der Waals surface area contributed by atoms with Crippen LogP contribution < -0.4 is 9.64 Å². The van der Waals surface area contributed by atoms with Crippen LogP contribution in [0.4, 0.5) is 5.13 Å². The Morgan fingerprint density at radius 2 is 1.90 bits per heavy atom. The molecule has 0 spiro atoms. The lowest BCUT2D eigenvalue weighted by molar-refractivity contribution is -0.120. The van der Waals surface area contributed by atoms with Gasteiger partial charge in [0.15, 0.2) is 11.7 Å². The van der Waals surface area contributed by atoms with Crippen LogP contribution in [0.5, 0.6) is 5.75 Å². The molecule has 4 rings (SSSR count). The van der Waals surface area contributed by atoms with Crippen LogP contribution in [0.1, 0.15) is 16.8 Å². The van der Waals surface area contributed by atoms with Gasteiger partial charge in [-0.15, -0.1) is 0 Å². The van der Waals surface area contributed by atoms with Gasteiger partial charge in [-0.05, 0) is 55.3 Å². The van der Waals surface area contributed by atoms with Crippen molar-refractivity contribution in [3.8, 4) is 5.75 Å². The highest BCUT2D eigenvalue weighted by Gasteiger charge is 2.22. The van der Waals surface area contributed by atoms with Crippen LogP contribution >= 0.6 is 22.9 Å². The van der Waals surface area contributed by atoms with E-state index in [-0.39, 0.29) is 12.5 Å². The largest absolute Gasteiger partial charge is 0.483 e. The van der Waals surface area contributed by atoms with Gasteiger partial charge in [0.2, 0.25) is 0 Å². The molecule has 152 valence electrons. The molecule has 0 bridgehead atoms. The van der Waals surface area contributed by atoms with Gasteiger partial charge in [-0.2, -0.15) is 0 Å². The summed E-state index contributed by atoms with van der Waals surface area (Å²) in [4.78, 5) is 23.9. The molecule has 0 atom stereocenters. The average molecular weight is 438 g/mol. The maximum absolute atomic E-state index is 13.2. The van der Waals surface area contributed by atoms with Crippen molar-refractivity contribution < 1.29 is 9.53 Å². The maximum Gasteiger partial charge on any atom is 0.267 e. The summed E-state index contributed by atoms with van der Waals surface area (Å²) < 4.78 is 6.74. The quantitative estimate of drug-likeness (QED) is 0.395. The zero-order valence-electron chi connectivity index (χ0n) is 16.6. The minimum atomic E-state index is -0.188. The molecule has 0 N–H and O–H groups in total. The van der Waals surface area contributed by atoms with Crippen LogP contribution in [0.3, 0.4) is 0 Å². The molecule has 0 aliphatic carbocycles. The van der Waals surface area contributed by atoms with Crippen molar-refractivity contribution in [2.75, 3.05) is 11.5 Å². The molecule has 2 aromatic carbocycles. The standard InChI is InChI=1S/C23H20ClN3O2S/c1-15-7-3-4-9-19(15)29-14-21(28)27(13-18-8-5-6-10-25-18)23-26-22-16(2)11-17(24)12-20(22)30-23/h3-12H,13-14H2,1-2H3. The number of para-hydroxylation sites is 1. The van der Waals surface area contributed by atoms with E-state index in [1.165, 1.54) is 11.3 Å². The molecule has 4 aromatic rings. The number of aromatic nitrogens is 2. The molecule has 0 saturated heterocycles. The number of amides is 1. The number of thiazole rings is 1. The van der Waals surface area contributed by atoms with Gasteiger partial charge in [0.1, 0.15) is 5.75 Å². The lowest BCUT2D eigenvalue weighted by Crippen LogP contribution is -2.34. The Labute approximate surface area is 183 Å². The number of halogens is 1. The van der Waals surface area contributed by atoms with Gasteiger partial charge >= 0.3 is 0 Å². The van der Waals surface area contributed by atoms with Crippen molar-refractivity contribution in [2.24, 2.45) is 0 Å². The fourth-order valence-corrected chi connectivity index (χ4v) is 4.55. The van der Waals surface area contributed by atoms with Gasteiger partial charge in [-0.3, -0.25) is 14.7 Å². The van der Waals surface area contributed by atoms with Gasteiger partial charge in [0, 0.05) is 11.2 Å². The molecule has 0 aliphatic heterocycles. The van der Waals surface area contributed by atoms with Crippen molar-refractivity contribution in [1.82, 2.24) is 9.97 Å². The van der Waals surface area contributed by atoms with E-state index in [1.54, 1.807) is 11.1 Å². The maximum atomic E-state index is 13.2. The van der Waals surface area contributed by atoms with Gasteiger partial charge in [-0.25, -0.2) is 4.98 Å². The highest BCUT2D eigenvalue weighted by atomic mass is 35.5. The minimum Gasteiger partial charge on any atom is -0.483 e. The highest BCUT2D eigenvalue weighted by Crippen LogP contribution is 2.33. The van der Waals surface area contributed by atoms with Crippen molar-refractivity contribution in [1.29, 1.82) is 0 Å². The van der Waals surface area contributed by atoms with Crippen LogP contribution in [-0.2, 0) is 11.3 Å². The molecule has 0 unspecified atom stereocenters. The Kier molecular flexibility index (Phi) is 5.97. The molecule has 0 radical (unpaired) electrons. The summed E-state index contributed by atoms with van der Waals surface area (Å²) in [5, 5.41) is 1.25. The number of hydrogen-bond acceptors (Lipinski definition) is 5. The normalized spacial score (nSPS) is 10.9. The summed E-state index contributed by atoms with van der Waals surface area (Å²) >= 11 is 7.64. The van der Waals surface area contributed by atoms with Gasteiger partial charge in [-0.1, -0.05) is 47.2 Å².